The highest BCUT2D eigenvalue weighted by Gasteiger charge is 2.28. The summed E-state index contributed by atoms with van der Waals surface area (Å²) in [5.74, 6) is -2.62. The van der Waals surface area contributed by atoms with E-state index in [1.165, 1.54) is 24.3 Å². The molecule has 22 heavy (non-hydrogen) atoms. The minimum atomic E-state index is -1.14. The standard InChI is InChI=1S/C15H17NO6/c17-13(12-2-1-7-22-12)16-11(15(20)21)8-9-3-5-10(6-4-9)14(18)19/h3-6,11-12H,1-2,7-8H2,(H,16,17)(H,18,19)(H,20,21)/t11-,12-/m0/s1. The number of aromatic carboxylic acids is 1. The minimum Gasteiger partial charge on any atom is -0.480 e. The first-order chi connectivity index (χ1) is 10.5. The molecule has 1 aromatic carbocycles. The van der Waals surface area contributed by atoms with Crippen molar-refractivity contribution in [1.82, 2.24) is 5.32 Å². The molecular weight excluding hydrogens is 290 g/mol. The Morgan fingerprint density at radius 2 is 1.91 bits per heavy atom. The van der Waals surface area contributed by atoms with Gasteiger partial charge in [-0.25, -0.2) is 9.59 Å². The summed E-state index contributed by atoms with van der Waals surface area (Å²) in [7, 11) is 0. The van der Waals surface area contributed by atoms with Crippen LogP contribution < -0.4 is 5.32 Å². The molecule has 7 heteroatoms. The minimum absolute atomic E-state index is 0.0771. The number of hydrogen-bond acceptors (Lipinski definition) is 4. The molecule has 118 valence electrons. The summed E-state index contributed by atoms with van der Waals surface area (Å²) >= 11 is 0. The second kappa shape index (κ2) is 7.04. The fourth-order valence-electron chi connectivity index (χ4n) is 2.27. The Kier molecular flexibility index (Phi) is 5.11. The summed E-state index contributed by atoms with van der Waals surface area (Å²) in [5.41, 5.74) is 0.754. The zero-order chi connectivity index (χ0) is 16.1. The Morgan fingerprint density at radius 1 is 1.23 bits per heavy atom. The fraction of sp³-hybridized carbons (Fsp3) is 0.400. The number of aliphatic carboxylic acids is 1. The van der Waals surface area contributed by atoms with Gasteiger partial charge in [-0.15, -0.1) is 0 Å². The number of rotatable bonds is 6. The van der Waals surface area contributed by atoms with Crippen LogP contribution in [0.25, 0.3) is 0 Å². The molecule has 0 bridgehead atoms. The Balaban J connectivity index is 2.00. The lowest BCUT2D eigenvalue weighted by Gasteiger charge is -2.17. The van der Waals surface area contributed by atoms with Crippen molar-refractivity contribution in [1.29, 1.82) is 0 Å². The van der Waals surface area contributed by atoms with Gasteiger partial charge in [0, 0.05) is 13.0 Å². The third kappa shape index (κ3) is 4.05. The molecule has 1 aliphatic heterocycles. The van der Waals surface area contributed by atoms with E-state index in [0.717, 1.165) is 6.42 Å². The molecule has 0 radical (unpaired) electrons. The Bertz CT molecular complexity index is 562. The molecule has 0 saturated carbocycles. The van der Waals surface area contributed by atoms with E-state index in [-0.39, 0.29) is 12.0 Å². The van der Waals surface area contributed by atoms with Crippen molar-refractivity contribution in [2.45, 2.75) is 31.4 Å². The van der Waals surface area contributed by atoms with Gasteiger partial charge >= 0.3 is 11.9 Å². The highest BCUT2D eigenvalue weighted by atomic mass is 16.5. The predicted octanol–water partition coefficient (Wildman–Crippen LogP) is 0.676. The van der Waals surface area contributed by atoms with Gasteiger partial charge in [-0.3, -0.25) is 4.79 Å². The number of ether oxygens (including phenoxy) is 1. The zero-order valence-corrected chi connectivity index (χ0v) is 11.8. The highest BCUT2D eigenvalue weighted by Crippen LogP contribution is 2.13. The van der Waals surface area contributed by atoms with Crippen LogP contribution in [0.1, 0.15) is 28.8 Å². The van der Waals surface area contributed by atoms with Gasteiger partial charge in [-0.2, -0.15) is 0 Å². The van der Waals surface area contributed by atoms with Crippen LogP contribution in [0.4, 0.5) is 0 Å². The molecule has 2 atom stereocenters. The Hall–Kier alpha value is -2.41. The van der Waals surface area contributed by atoms with Crippen LogP contribution in [0.5, 0.6) is 0 Å². The van der Waals surface area contributed by atoms with E-state index >= 15 is 0 Å². The van der Waals surface area contributed by atoms with Crippen molar-refractivity contribution in [3.63, 3.8) is 0 Å². The van der Waals surface area contributed by atoms with Gasteiger partial charge in [0.15, 0.2) is 0 Å². The van der Waals surface area contributed by atoms with E-state index in [4.69, 9.17) is 9.84 Å². The number of carboxylic acids is 2. The maximum atomic E-state index is 11.9. The molecule has 0 spiro atoms. The molecule has 1 aliphatic rings. The molecule has 1 saturated heterocycles. The molecule has 0 aliphatic carbocycles. The lowest BCUT2D eigenvalue weighted by Crippen LogP contribution is -2.46. The van der Waals surface area contributed by atoms with Crippen molar-refractivity contribution in [2.24, 2.45) is 0 Å². The van der Waals surface area contributed by atoms with Gasteiger partial charge in [0.2, 0.25) is 5.91 Å². The largest absolute Gasteiger partial charge is 0.480 e. The lowest BCUT2D eigenvalue weighted by molar-refractivity contribution is -0.143. The van der Waals surface area contributed by atoms with Crippen LogP contribution in [0.2, 0.25) is 0 Å². The van der Waals surface area contributed by atoms with Crippen molar-refractivity contribution in [3.8, 4) is 0 Å². The number of carboxylic acid groups (broad SMARTS) is 2. The summed E-state index contributed by atoms with van der Waals surface area (Å²) < 4.78 is 5.22. The van der Waals surface area contributed by atoms with E-state index in [1.54, 1.807) is 0 Å². The maximum absolute atomic E-state index is 11.9. The van der Waals surface area contributed by atoms with Crippen LogP contribution in [-0.4, -0.2) is 46.8 Å². The second-order valence-electron chi connectivity index (χ2n) is 5.11. The second-order valence-corrected chi connectivity index (χ2v) is 5.11. The summed E-state index contributed by atoms with van der Waals surface area (Å²) in [5, 5.41) is 20.5. The summed E-state index contributed by atoms with van der Waals surface area (Å²) in [6.45, 7) is 0.506. The Labute approximate surface area is 126 Å². The number of carbonyl (C=O) groups is 3. The zero-order valence-electron chi connectivity index (χ0n) is 11.8. The first-order valence-electron chi connectivity index (χ1n) is 6.94. The van der Waals surface area contributed by atoms with Crippen LogP contribution >= 0.6 is 0 Å². The molecule has 2 rings (SSSR count). The maximum Gasteiger partial charge on any atom is 0.335 e. The average Bonchev–Trinajstić information content (AvgIpc) is 3.01. The van der Waals surface area contributed by atoms with Gasteiger partial charge in [0.25, 0.3) is 0 Å². The quantitative estimate of drug-likeness (QED) is 0.712. The molecule has 1 fully saturated rings. The van der Waals surface area contributed by atoms with Crippen molar-refractivity contribution >= 4 is 17.8 Å². The number of hydrogen-bond donors (Lipinski definition) is 3. The Morgan fingerprint density at radius 3 is 2.41 bits per heavy atom. The highest BCUT2D eigenvalue weighted by molar-refractivity contribution is 5.88. The third-order valence-corrected chi connectivity index (χ3v) is 3.48. The normalized spacial score (nSPS) is 18.6. The molecule has 3 N–H and O–H groups in total. The molecule has 1 aromatic rings. The first kappa shape index (κ1) is 16.0. The van der Waals surface area contributed by atoms with E-state index in [9.17, 15) is 19.5 Å². The van der Waals surface area contributed by atoms with Crippen LogP contribution in [0.3, 0.4) is 0 Å². The average molecular weight is 307 g/mol. The molecule has 7 nitrogen and oxygen atoms in total. The topological polar surface area (TPSA) is 113 Å². The smallest absolute Gasteiger partial charge is 0.335 e. The van der Waals surface area contributed by atoms with Gasteiger partial charge in [-0.05, 0) is 30.5 Å². The fourth-order valence-corrected chi connectivity index (χ4v) is 2.27. The predicted molar refractivity (Wildman–Crippen MR) is 75.6 cm³/mol. The van der Waals surface area contributed by atoms with E-state index in [1.807, 2.05) is 0 Å². The molecule has 0 unspecified atom stereocenters. The van der Waals surface area contributed by atoms with Crippen LogP contribution in [0, 0.1) is 0 Å². The molecular formula is C15H17NO6. The van der Waals surface area contributed by atoms with Crippen molar-refractivity contribution in [2.75, 3.05) is 6.61 Å². The summed E-state index contributed by atoms with van der Waals surface area (Å²) in [6, 6.07) is 4.80. The van der Waals surface area contributed by atoms with Gasteiger partial charge < -0.3 is 20.3 Å². The van der Waals surface area contributed by atoms with Gasteiger partial charge in [0.05, 0.1) is 5.56 Å². The van der Waals surface area contributed by atoms with Crippen LogP contribution in [-0.2, 0) is 20.7 Å². The molecule has 1 heterocycles. The SMILES string of the molecule is O=C(O)c1ccc(C[C@H](NC(=O)[C@@H]2CCCO2)C(=O)O)cc1. The van der Waals surface area contributed by atoms with Gasteiger partial charge in [-0.1, -0.05) is 12.1 Å². The third-order valence-electron chi connectivity index (χ3n) is 3.48. The van der Waals surface area contributed by atoms with Crippen molar-refractivity contribution in [3.05, 3.63) is 35.4 Å². The van der Waals surface area contributed by atoms with Crippen molar-refractivity contribution < 1.29 is 29.3 Å². The molecule has 1 amide bonds. The number of amides is 1. The summed E-state index contributed by atoms with van der Waals surface area (Å²) in [4.78, 5) is 34.0. The monoisotopic (exact) mass is 307 g/mol. The number of carbonyl (C=O) groups excluding carboxylic acids is 1. The number of benzene rings is 1. The van der Waals surface area contributed by atoms with Gasteiger partial charge in [0.1, 0.15) is 12.1 Å². The first-order valence-corrected chi connectivity index (χ1v) is 6.94. The number of nitrogens with one attached hydrogen (secondary N) is 1. The van der Waals surface area contributed by atoms with E-state index < -0.39 is 30.0 Å². The van der Waals surface area contributed by atoms with E-state index in [0.29, 0.717) is 18.6 Å². The van der Waals surface area contributed by atoms with E-state index in [2.05, 4.69) is 5.32 Å². The van der Waals surface area contributed by atoms with Crippen LogP contribution in [0.15, 0.2) is 24.3 Å². The lowest BCUT2D eigenvalue weighted by atomic mass is 10.0. The summed E-state index contributed by atoms with van der Waals surface area (Å²) in [6.07, 6.45) is 0.863. The molecule has 0 aromatic heterocycles.